The fourth-order valence-electron chi connectivity index (χ4n) is 2.18. The van der Waals surface area contributed by atoms with Crippen LogP contribution in [0.5, 0.6) is 11.5 Å². The van der Waals surface area contributed by atoms with Crippen LogP contribution < -0.4 is 14.8 Å². The van der Waals surface area contributed by atoms with Gasteiger partial charge in [-0.15, -0.1) is 0 Å². The first-order chi connectivity index (χ1) is 12.8. The number of carbonyl (C=O) groups is 2. The highest BCUT2D eigenvalue weighted by Gasteiger charge is 2.21. The van der Waals surface area contributed by atoms with Gasteiger partial charge in [-0.3, -0.25) is 4.79 Å². The summed E-state index contributed by atoms with van der Waals surface area (Å²) in [6.45, 7) is 3.69. The molecule has 0 aliphatic carbocycles. The first-order valence-corrected chi connectivity index (χ1v) is 8.89. The van der Waals surface area contributed by atoms with Crippen molar-refractivity contribution in [2.24, 2.45) is 0 Å². The van der Waals surface area contributed by atoms with Gasteiger partial charge in [0.05, 0.1) is 30.0 Å². The molecular weight excluding hydrogens is 393 g/mol. The van der Waals surface area contributed by atoms with Gasteiger partial charge < -0.3 is 19.5 Å². The fourth-order valence-corrected chi connectivity index (χ4v) is 2.52. The Kier molecular flexibility index (Phi) is 7.33. The number of anilines is 1. The predicted molar refractivity (Wildman–Crippen MR) is 104 cm³/mol. The molecule has 6 nitrogen and oxygen atoms in total. The van der Waals surface area contributed by atoms with Crippen molar-refractivity contribution in [3.63, 3.8) is 0 Å². The average Bonchev–Trinajstić information content (AvgIpc) is 2.64. The first-order valence-electron chi connectivity index (χ1n) is 8.13. The number of halogens is 2. The second kappa shape index (κ2) is 9.48. The minimum atomic E-state index is -1.05. The molecule has 0 spiro atoms. The predicted octanol–water partition coefficient (Wildman–Crippen LogP) is 4.58. The lowest BCUT2D eigenvalue weighted by atomic mass is 10.2. The Labute approximate surface area is 167 Å². The Hall–Kier alpha value is -2.44. The molecule has 27 heavy (non-hydrogen) atoms. The van der Waals surface area contributed by atoms with Crippen LogP contribution in [-0.2, 0) is 9.53 Å². The van der Waals surface area contributed by atoms with Crippen molar-refractivity contribution >= 4 is 40.8 Å². The van der Waals surface area contributed by atoms with Crippen LogP contribution in [-0.4, -0.2) is 31.7 Å². The van der Waals surface area contributed by atoms with Gasteiger partial charge in [-0.2, -0.15) is 0 Å². The van der Waals surface area contributed by atoms with Gasteiger partial charge in [0.25, 0.3) is 5.91 Å². The molecule has 0 heterocycles. The van der Waals surface area contributed by atoms with Crippen molar-refractivity contribution in [3.8, 4) is 11.5 Å². The zero-order chi connectivity index (χ0) is 20.0. The normalized spacial score (nSPS) is 11.4. The molecule has 0 radical (unpaired) electrons. The van der Waals surface area contributed by atoms with E-state index in [9.17, 15) is 9.59 Å². The lowest BCUT2D eigenvalue weighted by molar-refractivity contribution is -0.123. The van der Waals surface area contributed by atoms with Crippen molar-refractivity contribution in [1.29, 1.82) is 0 Å². The summed E-state index contributed by atoms with van der Waals surface area (Å²) in [4.78, 5) is 24.6. The topological polar surface area (TPSA) is 73.9 Å². The number of benzene rings is 2. The molecule has 0 fully saturated rings. The number of rotatable bonds is 7. The van der Waals surface area contributed by atoms with Crippen LogP contribution in [0.25, 0.3) is 0 Å². The molecule has 8 heteroatoms. The highest BCUT2D eigenvalue weighted by Crippen LogP contribution is 2.29. The number of nitrogens with one attached hydrogen (secondary N) is 1. The summed E-state index contributed by atoms with van der Waals surface area (Å²) < 4.78 is 15.8. The van der Waals surface area contributed by atoms with Crippen molar-refractivity contribution < 1.29 is 23.8 Å². The van der Waals surface area contributed by atoms with Crippen LogP contribution in [0.2, 0.25) is 10.0 Å². The van der Waals surface area contributed by atoms with E-state index in [2.05, 4.69) is 5.32 Å². The average molecular weight is 412 g/mol. The third-order valence-corrected chi connectivity index (χ3v) is 4.10. The number of hydrogen-bond donors (Lipinski definition) is 1. The number of carbonyl (C=O) groups excluding carboxylic acids is 2. The molecule has 2 aromatic rings. The third kappa shape index (κ3) is 5.52. The Morgan fingerprint density at radius 3 is 2.52 bits per heavy atom. The van der Waals surface area contributed by atoms with Crippen molar-refractivity contribution in [2.75, 3.05) is 19.0 Å². The van der Waals surface area contributed by atoms with E-state index in [0.717, 1.165) is 0 Å². The van der Waals surface area contributed by atoms with E-state index in [4.69, 9.17) is 37.4 Å². The number of ether oxygens (including phenoxy) is 3. The molecule has 1 atom stereocenters. The number of esters is 1. The largest absolute Gasteiger partial charge is 0.493 e. The molecule has 0 saturated heterocycles. The summed E-state index contributed by atoms with van der Waals surface area (Å²) in [5, 5.41) is 3.32. The van der Waals surface area contributed by atoms with Gasteiger partial charge in [-0.05, 0) is 50.2 Å². The minimum absolute atomic E-state index is 0.236. The van der Waals surface area contributed by atoms with E-state index in [-0.39, 0.29) is 5.56 Å². The van der Waals surface area contributed by atoms with Gasteiger partial charge in [0.15, 0.2) is 17.6 Å². The van der Waals surface area contributed by atoms with Gasteiger partial charge in [0.2, 0.25) is 0 Å². The number of methoxy groups -OCH3 is 1. The van der Waals surface area contributed by atoms with Gasteiger partial charge >= 0.3 is 5.97 Å². The highest BCUT2D eigenvalue weighted by molar-refractivity contribution is 6.35. The van der Waals surface area contributed by atoms with Gasteiger partial charge in [0.1, 0.15) is 0 Å². The quantitative estimate of drug-likeness (QED) is 0.674. The Morgan fingerprint density at radius 1 is 1.11 bits per heavy atom. The summed E-state index contributed by atoms with van der Waals surface area (Å²) in [6.07, 6.45) is -1.05. The van der Waals surface area contributed by atoms with Crippen molar-refractivity contribution in [3.05, 3.63) is 52.0 Å². The smallest absolute Gasteiger partial charge is 0.339 e. The molecule has 0 unspecified atom stereocenters. The number of amides is 1. The summed E-state index contributed by atoms with van der Waals surface area (Å²) in [6, 6.07) is 9.29. The van der Waals surface area contributed by atoms with Crippen LogP contribution in [0.1, 0.15) is 24.2 Å². The molecular formula is C19H19Cl2NO5. The number of hydrogen-bond acceptors (Lipinski definition) is 5. The molecule has 0 aliphatic rings. The molecule has 1 amide bonds. The molecule has 0 bridgehead atoms. The maximum atomic E-state index is 12.3. The van der Waals surface area contributed by atoms with E-state index in [0.29, 0.717) is 33.8 Å². The zero-order valence-corrected chi connectivity index (χ0v) is 16.6. The lowest BCUT2D eigenvalue weighted by Crippen LogP contribution is -2.30. The van der Waals surface area contributed by atoms with Gasteiger partial charge in [0, 0.05) is 5.02 Å². The van der Waals surface area contributed by atoms with Crippen LogP contribution >= 0.6 is 23.2 Å². The summed E-state index contributed by atoms with van der Waals surface area (Å²) in [5.74, 6) is -0.295. The summed E-state index contributed by atoms with van der Waals surface area (Å²) in [7, 11) is 1.50. The molecule has 0 aromatic heterocycles. The Bertz CT molecular complexity index is 841. The first kappa shape index (κ1) is 20.9. The molecule has 2 rings (SSSR count). The second-order valence-corrected chi connectivity index (χ2v) is 6.30. The fraction of sp³-hybridized carbons (Fsp3) is 0.263. The zero-order valence-electron chi connectivity index (χ0n) is 15.0. The Balaban J connectivity index is 2.07. The van der Waals surface area contributed by atoms with E-state index in [1.165, 1.54) is 32.2 Å². The van der Waals surface area contributed by atoms with Crippen molar-refractivity contribution in [1.82, 2.24) is 0 Å². The van der Waals surface area contributed by atoms with E-state index < -0.39 is 18.0 Å². The summed E-state index contributed by atoms with van der Waals surface area (Å²) in [5.41, 5.74) is 0.569. The second-order valence-electron chi connectivity index (χ2n) is 5.46. The van der Waals surface area contributed by atoms with Gasteiger partial charge in [-0.1, -0.05) is 23.2 Å². The third-order valence-electron chi connectivity index (χ3n) is 3.54. The maximum absolute atomic E-state index is 12.3. The van der Waals surface area contributed by atoms with Crippen LogP contribution in [0.15, 0.2) is 36.4 Å². The van der Waals surface area contributed by atoms with Crippen molar-refractivity contribution in [2.45, 2.75) is 20.0 Å². The maximum Gasteiger partial charge on any atom is 0.339 e. The molecule has 0 aliphatic heterocycles. The van der Waals surface area contributed by atoms with E-state index in [1.54, 1.807) is 18.2 Å². The lowest BCUT2D eigenvalue weighted by Gasteiger charge is -2.15. The standard InChI is InChI=1S/C19H19Cl2NO5/c1-4-26-17-9-12(5-8-16(17)25-3)19(24)27-11(2)18(23)22-15-10-13(20)6-7-14(15)21/h5-11H,4H2,1-3H3,(H,22,23)/t11-/m0/s1. The SMILES string of the molecule is CCOc1cc(C(=O)O[C@@H](C)C(=O)Nc2cc(Cl)ccc2Cl)ccc1OC. The monoisotopic (exact) mass is 411 g/mol. The van der Waals surface area contributed by atoms with Crippen LogP contribution in [0, 0.1) is 0 Å². The van der Waals surface area contributed by atoms with Crippen LogP contribution in [0.4, 0.5) is 5.69 Å². The van der Waals surface area contributed by atoms with Crippen LogP contribution in [0.3, 0.4) is 0 Å². The molecule has 2 aromatic carbocycles. The molecule has 0 saturated carbocycles. The Morgan fingerprint density at radius 2 is 1.85 bits per heavy atom. The summed E-state index contributed by atoms with van der Waals surface area (Å²) >= 11 is 11.9. The van der Waals surface area contributed by atoms with Gasteiger partial charge in [-0.25, -0.2) is 4.79 Å². The van der Waals surface area contributed by atoms with E-state index in [1.807, 2.05) is 6.92 Å². The molecule has 144 valence electrons. The molecule has 1 N–H and O–H groups in total. The van der Waals surface area contributed by atoms with E-state index >= 15 is 0 Å². The highest BCUT2D eigenvalue weighted by atomic mass is 35.5. The minimum Gasteiger partial charge on any atom is -0.493 e.